The van der Waals surface area contributed by atoms with Crippen molar-refractivity contribution in [2.45, 2.75) is 19.6 Å². The number of nitrogens with one attached hydrogen (secondary N) is 1. The fraction of sp³-hybridized carbons (Fsp3) is 0.333. The lowest BCUT2D eigenvalue weighted by Gasteiger charge is -2.12. The fourth-order valence-corrected chi connectivity index (χ4v) is 2.15. The van der Waals surface area contributed by atoms with Crippen molar-refractivity contribution in [3.05, 3.63) is 48.0 Å². The maximum Gasteiger partial charge on any atom is 0.413 e. The Kier molecular flexibility index (Phi) is 7.67. The van der Waals surface area contributed by atoms with Gasteiger partial charge in [0.1, 0.15) is 0 Å². The molecule has 0 saturated carbocycles. The zero-order valence-electron chi connectivity index (χ0n) is 12.5. The molecule has 0 spiro atoms. The molecule has 0 aliphatic heterocycles. The van der Waals surface area contributed by atoms with E-state index in [0.29, 0.717) is 0 Å². The van der Waals surface area contributed by atoms with Crippen LogP contribution in [0.3, 0.4) is 0 Å². The lowest BCUT2D eigenvalue weighted by Crippen LogP contribution is -2.30. The third-order valence-corrected chi connectivity index (χ3v) is 3.51. The van der Waals surface area contributed by atoms with E-state index < -0.39 is 23.6 Å². The monoisotopic (exact) mass is 346 g/mol. The van der Waals surface area contributed by atoms with Crippen LogP contribution in [-0.2, 0) is 11.3 Å². The third kappa shape index (κ3) is 7.73. The van der Waals surface area contributed by atoms with E-state index in [1.807, 2.05) is 30.3 Å². The quantitative estimate of drug-likeness (QED) is 0.495. The van der Waals surface area contributed by atoms with Gasteiger partial charge in [-0.15, -0.1) is 0 Å². The van der Waals surface area contributed by atoms with Crippen LogP contribution in [-0.4, -0.2) is 29.8 Å². The van der Waals surface area contributed by atoms with Crippen molar-refractivity contribution in [1.82, 2.24) is 5.32 Å². The number of nitrogens with zero attached hydrogens (tertiary/aromatic N) is 1. The normalized spacial score (nSPS) is 11.9. The summed E-state index contributed by atoms with van der Waals surface area (Å²) in [6.07, 6.45) is -5.23. The molecule has 0 aliphatic carbocycles. The average Bonchev–Trinajstić information content (AvgIpc) is 2.50. The second kappa shape index (κ2) is 9.24. The van der Waals surface area contributed by atoms with E-state index in [1.54, 1.807) is 6.92 Å². The molecule has 1 aromatic carbocycles. The number of thioether (sulfide) groups is 1. The molecule has 0 unspecified atom stereocenters. The molecule has 0 radical (unpaired) electrons. The Morgan fingerprint density at radius 3 is 2.57 bits per heavy atom. The molecule has 1 N–H and O–H groups in total. The zero-order valence-corrected chi connectivity index (χ0v) is 13.3. The zero-order chi connectivity index (χ0) is 17.3. The molecule has 0 saturated heterocycles. The van der Waals surface area contributed by atoms with Crippen LogP contribution in [0.5, 0.6) is 0 Å². The molecule has 0 aliphatic rings. The molecule has 0 fully saturated rings. The molecule has 4 nitrogen and oxygen atoms in total. The number of carbonyl (C=O) groups is 1. The SMILES string of the molecule is C=C(CSC(=NCc1ccccc1)NC(=O)OCC)C(F)(F)F. The Morgan fingerprint density at radius 1 is 1.35 bits per heavy atom. The van der Waals surface area contributed by atoms with Crippen molar-refractivity contribution in [3.63, 3.8) is 0 Å². The molecular formula is C15H17F3N2O2S. The molecule has 0 bridgehead atoms. The molecule has 8 heteroatoms. The summed E-state index contributed by atoms with van der Waals surface area (Å²) in [5, 5.41) is 2.39. The summed E-state index contributed by atoms with van der Waals surface area (Å²) in [6.45, 7) is 4.99. The number of benzene rings is 1. The number of carbonyl (C=O) groups excluding carboxylic acids is 1. The highest BCUT2D eigenvalue weighted by Crippen LogP contribution is 2.27. The first-order valence-electron chi connectivity index (χ1n) is 6.72. The summed E-state index contributed by atoms with van der Waals surface area (Å²) in [4.78, 5) is 15.6. The minimum absolute atomic E-state index is 0.0534. The van der Waals surface area contributed by atoms with E-state index in [-0.39, 0.29) is 18.3 Å². The van der Waals surface area contributed by atoms with Crippen LogP contribution in [0, 0.1) is 0 Å². The van der Waals surface area contributed by atoms with Crippen molar-refractivity contribution in [1.29, 1.82) is 0 Å². The predicted molar refractivity (Wildman–Crippen MR) is 85.4 cm³/mol. The molecule has 1 aromatic rings. The first kappa shape index (κ1) is 19.1. The summed E-state index contributed by atoms with van der Waals surface area (Å²) in [5.41, 5.74) is -0.0357. The van der Waals surface area contributed by atoms with E-state index in [0.717, 1.165) is 17.3 Å². The van der Waals surface area contributed by atoms with Crippen molar-refractivity contribution in [3.8, 4) is 0 Å². The predicted octanol–water partition coefficient (Wildman–Crippen LogP) is 4.14. The highest BCUT2D eigenvalue weighted by Gasteiger charge is 2.31. The topological polar surface area (TPSA) is 50.7 Å². The summed E-state index contributed by atoms with van der Waals surface area (Å²) in [5.74, 6) is -0.427. The molecule has 0 heterocycles. The Hall–Kier alpha value is -1.96. The van der Waals surface area contributed by atoms with Gasteiger partial charge in [0.15, 0.2) is 5.17 Å². The van der Waals surface area contributed by atoms with Crippen molar-refractivity contribution < 1.29 is 22.7 Å². The lowest BCUT2D eigenvalue weighted by molar-refractivity contribution is -0.0903. The van der Waals surface area contributed by atoms with Crippen LogP contribution in [0.25, 0.3) is 0 Å². The minimum atomic E-state index is -4.47. The van der Waals surface area contributed by atoms with Crippen LogP contribution in [0.4, 0.5) is 18.0 Å². The van der Waals surface area contributed by atoms with Gasteiger partial charge in [-0.1, -0.05) is 48.7 Å². The number of halogens is 3. The molecule has 1 amide bonds. The van der Waals surface area contributed by atoms with Crippen molar-refractivity contribution >= 4 is 23.0 Å². The average molecular weight is 346 g/mol. The van der Waals surface area contributed by atoms with Gasteiger partial charge in [0.25, 0.3) is 0 Å². The Balaban J connectivity index is 2.72. The van der Waals surface area contributed by atoms with Gasteiger partial charge in [0.2, 0.25) is 0 Å². The van der Waals surface area contributed by atoms with Crippen molar-refractivity contribution in [2.75, 3.05) is 12.4 Å². The van der Waals surface area contributed by atoms with Gasteiger partial charge in [-0.25, -0.2) is 4.79 Å². The van der Waals surface area contributed by atoms with Gasteiger partial charge in [-0.2, -0.15) is 13.2 Å². The maximum atomic E-state index is 12.5. The van der Waals surface area contributed by atoms with Gasteiger partial charge in [0, 0.05) is 11.3 Å². The van der Waals surface area contributed by atoms with Crippen LogP contribution >= 0.6 is 11.8 Å². The first-order valence-corrected chi connectivity index (χ1v) is 7.71. The van der Waals surface area contributed by atoms with Gasteiger partial charge in [-0.05, 0) is 12.5 Å². The molecule has 23 heavy (non-hydrogen) atoms. The number of aliphatic imine (C=N–C) groups is 1. The van der Waals surface area contributed by atoms with Crippen LogP contribution in [0.1, 0.15) is 12.5 Å². The van der Waals surface area contributed by atoms with Gasteiger partial charge in [0.05, 0.1) is 13.2 Å². The molecular weight excluding hydrogens is 329 g/mol. The maximum absolute atomic E-state index is 12.5. The van der Waals surface area contributed by atoms with Gasteiger partial charge >= 0.3 is 12.3 Å². The minimum Gasteiger partial charge on any atom is -0.450 e. The molecule has 126 valence electrons. The number of hydrogen-bond donors (Lipinski definition) is 1. The third-order valence-electron chi connectivity index (χ3n) is 2.52. The number of hydrogen-bond acceptors (Lipinski definition) is 4. The summed E-state index contributed by atoms with van der Waals surface area (Å²) < 4.78 is 42.1. The van der Waals surface area contributed by atoms with E-state index >= 15 is 0 Å². The summed E-state index contributed by atoms with van der Waals surface area (Å²) >= 11 is 0.748. The molecule has 0 aromatic heterocycles. The second-order valence-corrected chi connectivity index (χ2v) is 5.31. The molecule has 1 rings (SSSR count). The number of ether oxygens (including phenoxy) is 1. The Morgan fingerprint density at radius 2 is 2.00 bits per heavy atom. The van der Waals surface area contributed by atoms with Gasteiger partial charge in [-0.3, -0.25) is 10.3 Å². The second-order valence-electron chi connectivity index (χ2n) is 4.34. The lowest BCUT2D eigenvalue weighted by atomic mass is 10.2. The fourth-order valence-electron chi connectivity index (χ4n) is 1.36. The van der Waals surface area contributed by atoms with Crippen LogP contribution in [0.15, 0.2) is 47.5 Å². The van der Waals surface area contributed by atoms with E-state index in [2.05, 4.69) is 16.9 Å². The van der Waals surface area contributed by atoms with Gasteiger partial charge < -0.3 is 4.74 Å². The number of amides is 1. The van der Waals surface area contributed by atoms with E-state index in [1.165, 1.54) is 0 Å². The summed E-state index contributed by atoms with van der Waals surface area (Å²) in [6, 6.07) is 9.13. The van der Waals surface area contributed by atoms with Crippen molar-refractivity contribution in [2.24, 2.45) is 4.99 Å². The number of amidine groups is 1. The Bertz CT molecular complexity index is 560. The highest BCUT2D eigenvalue weighted by atomic mass is 32.2. The van der Waals surface area contributed by atoms with Crippen LogP contribution < -0.4 is 5.32 Å². The number of alkyl halides is 3. The largest absolute Gasteiger partial charge is 0.450 e. The number of rotatable bonds is 5. The standard InChI is InChI=1S/C15H17F3N2O2S/c1-3-22-14(21)20-13(23-10-11(2)15(16,17)18)19-9-12-7-5-4-6-8-12/h4-8H,2-3,9-10H2,1H3,(H,19,20,21). The smallest absolute Gasteiger partial charge is 0.413 e. The summed E-state index contributed by atoms with van der Waals surface area (Å²) in [7, 11) is 0. The van der Waals surface area contributed by atoms with E-state index in [9.17, 15) is 18.0 Å². The molecule has 0 atom stereocenters. The highest BCUT2D eigenvalue weighted by molar-refractivity contribution is 8.14. The van der Waals surface area contributed by atoms with Crippen LogP contribution in [0.2, 0.25) is 0 Å². The van der Waals surface area contributed by atoms with E-state index in [4.69, 9.17) is 4.74 Å². The first-order chi connectivity index (χ1) is 10.8. The number of alkyl carbamates (subject to hydrolysis) is 1. The Labute approximate surface area is 136 Å².